The number of halogens is 1. The van der Waals surface area contributed by atoms with E-state index in [-0.39, 0.29) is 23.8 Å². The molecule has 0 bridgehead atoms. The molecule has 170 valence electrons. The number of carbonyl (C=O) groups excluding carboxylic acids is 2. The van der Waals surface area contributed by atoms with Crippen LogP contribution in [0.25, 0.3) is 11.1 Å². The van der Waals surface area contributed by atoms with Crippen molar-refractivity contribution in [2.24, 2.45) is 0 Å². The summed E-state index contributed by atoms with van der Waals surface area (Å²) in [6.07, 6.45) is 4.72. The number of nitrogens with zero attached hydrogens (tertiary/aromatic N) is 2. The largest absolute Gasteiger partial charge is 0.465 e. The quantitative estimate of drug-likeness (QED) is 0.401. The fraction of sp³-hybridized carbons (Fsp3) is 0.0769. The van der Waals surface area contributed by atoms with E-state index < -0.39 is 5.97 Å². The van der Waals surface area contributed by atoms with Crippen LogP contribution in [-0.4, -0.2) is 29.0 Å². The lowest BCUT2D eigenvalue weighted by molar-refractivity contribution is 0.0600. The lowest BCUT2D eigenvalue weighted by Gasteiger charge is -2.14. The van der Waals surface area contributed by atoms with Gasteiger partial charge in [0.15, 0.2) is 0 Å². The standard InChI is InChI=1S/C26H20FN3O4/c1-33-26(32)18-4-2-17(3-5-18)13-30-25(31)23-12-19(20-14-28-16-29-15-20)6-11-24(23)34-22-9-7-21(27)8-10-22/h2-12,14-16H,13H2,1H3,(H,30,31). The molecular formula is C26H20FN3O4. The number of methoxy groups -OCH3 is 1. The van der Waals surface area contributed by atoms with Crippen molar-refractivity contribution in [2.75, 3.05) is 7.11 Å². The van der Waals surface area contributed by atoms with Gasteiger partial charge in [0.1, 0.15) is 23.6 Å². The predicted molar refractivity (Wildman–Crippen MR) is 123 cm³/mol. The third-order valence-electron chi connectivity index (χ3n) is 4.99. The summed E-state index contributed by atoms with van der Waals surface area (Å²) in [5, 5.41) is 2.87. The number of carbonyl (C=O) groups is 2. The Morgan fingerprint density at radius 1 is 0.912 bits per heavy atom. The maximum Gasteiger partial charge on any atom is 0.337 e. The molecule has 0 saturated heterocycles. The summed E-state index contributed by atoms with van der Waals surface area (Å²) in [6.45, 7) is 0.231. The number of nitrogens with one attached hydrogen (secondary N) is 1. The average Bonchev–Trinajstić information content (AvgIpc) is 2.89. The maximum atomic E-state index is 13.3. The normalized spacial score (nSPS) is 10.4. The van der Waals surface area contributed by atoms with Crippen LogP contribution in [0.15, 0.2) is 85.5 Å². The number of rotatable bonds is 7. The molecule has 34 heavy (non-hydrogen) atoms. The minimum Gasteiger partial charge on any atom is -0.465 e. The highest BCUT2D eigenvalue weighted by atomic mass is 19.1. The molecule has 4 aromatic rings. The summed E-state index contributed by atoms with van der Waals surface area (Å²) in [7, 11) is 1.32. The summed E-state index contributed by atoms with van der Waals surface area (Å²) < 4.78 is 23.8. The van der Waals surface area contributed by atoms with Gasteiger partial charge in [0.2, 0.25) is 0 Å². The minimum absolute atomic E-state index is 0.231. The second kappa shape index (κ2) is 10.4. The highest BCUT2D eigenvalue weighted by molar-refractivity contribution is 5.98. The predicted octanol–water partition coefficient (Wildman–Crippen LogP) is 4.79. The van der Waals surface area contributed by atoms with E-state index in [1.807, 2.05) is 0 Å². The third-order valence-corrected chi connectivity index (χ3v) is 4.99. The van der Waals surface area contributed by atoms with Crippen LogP contribution in [0.2, 0.25) is 0 Å². The van der Waals surface area contributed by atoms with Crippen molar-refractivity contribution in [3.63, 3.8) is 0 Å². The van der Waals surface area contributed by atoms with Crippen molar-refractivity contribution < 1.29 is 23.5 Å². The molecule has 1 heterocycles. The Bertz CT molecular complexity index is 1290. The van der Waals surface area contributed by atoms with Gasteiger partial charge in [-0.25, -0.2) is 19.2 Å². The molecule has 1 aromatic heterocycles. The highest BCUT2D eigenvalue weighted by Gasteiger charge is 2.16. The zero-order valence-electron chi connectivity index (χ0n) is 18.2. The Morgan fingerprint density at radius 2 is 1.62 bits per heavy atom. The molecule has 7 nitrogen and oxygen atoms in total. The van der Waals surface area contributed by atoms with Gasteiger partial charge in [-0.3, -0.25) is 4.79 Å². The van der Waals surface area contributed by atoms with Gasteiger partial charge in [-0.2, -0.15) is 0 Å². The van der Waals surface area contributed by atoms with Crippen molar-refractivity contribution in [1.29, 1.82) is 0 Å². The summed E-state index contributed by atoms with van der Waals surface area (Å²) in [4.78, 5) is 32.8. The summed E-state index contributed by atoms with van der Waals surface area (Å²) >= 11 is 0. The van der Waals surface area contributed by atoms with Crippen molar-refractivity contribution in [3.8, 4) is 22.6 Å². The highest BCUT2D eigenvalue weighted by Crippen LogP contribution is 2.30. The second-order valence-corrected chi connectivity index (χ2v) is 7.27. The van der Waals surface area contributed by atoms with Crippen molar-refractivity contribution in [2.45, 2.75) is 6.54 Å². The first-order chi connectivity index (χ1) is 16.5. The molecule has 0 aliphatic heterocycles. The molecule has 0 saturated carbocycles. The van der Waals surface area contributed by atoms with E-state index in [4.69, 9.17) is 9.47 Å². The topological polar surface area (TPSA) is 90.4 Å². The van der Waals surface area contributed by atoms with Gasteiger partial charge in [-0.15, -0.1) is 0 Å². The lowest BCUT2D eigenvalue weighted by Crippen LogP contribution is -2.23. The summed E-state index contributed by atoms with van der Waals surface area (Å²) in [5.41, 5.74) is 2.99. The van der Waals surface area contributed by atoms with Crippen LogP contribution in [0.3, 0.4) is 0 Å². The van der Waals surface area contributed by atoms with Crippen LogP contribution in [-0.2, 0) is 11.3 Å². The van der Waals surface area contributed by atoms with E-state index >= 15 is 0 Å². The number of esters is 1. The molecule has 0 radical (unpaired) electrons. The first-order valence-electron chi connectivity index (χ1n) is 10.3. The Balaban J connectivity index is 1.58. The number of hydrogen-bond donors (Lipinski definition) is 1. The van der Waals surface area contributed by atoms with E-state index in [1.165, 1.54) is 37.7 Å². The van der Waals surface area contributed by atoms with Crippen molar-refractivity contribution >= 4 is 11.9 Å². The minimum atomic E-state index is -0.431. The maximum absolute atomic E-state index is 13.3. The van der Waals surface area contributed by atoms with Gasteiger partial charge in [0, 0.05) is 24.5 Å². The number of ether oxygens (including phenoxy) is 2. The lowest BCUT2D eigenvalue weighted by atomic mass is 10.0. The molecule has 0 fully saturated rings. The molecule has 0 aliphatic carbocycles. The smallest absolute Gasteiger partial charge is 0.337 e. The fourth-order valence-electron chi connectivity index (χ4n) is 3.21. The second-order valence-electron chi connectivity index (χ2n) is 7.27. The fourth-order valence-corrected chi connectivity index (χ4v) is 3.21. The van der Waals surface area contributed by atoms with Crippen LogP contribution in [0.5, 0.6) is 11.5 Å². The van der Waals surface area contributed by atoms with E-state index in [2.05, 4.69) is 15.3 Å². The Morgan fingerprint density at radius 3 is 2.29 bits per heavy atom. The molecule has 0 aliphatic rings. The molecule has 0 unspecified atom stereocenters. The first kappa shape index (κ1) is 22.6. The molecule has 0 atom stereocenters. The number of amides is 1. The molecule has 8 heteroatoms. The molecule has 4 rings (SSSR count). The summed E-state index contributed by atoms with van der Waals surface area (Å²) in [5.74, 6) is -0.480. The van der Waals surface area contributed by atoms with Crippen LogP contribution in [0, 0.1) is 5.82 Å². The van der Waals surface area contributed by atoms with Crippen LogP contribution < -0.4 is 10.1 Å². The van der Waals surface area contributed by atoms with E-state index in [9.17, 15) is 14.0 Å². The van der Waals surface area contributed by atoms with Crippen molar-refractivity contribution in [1.82, 2.24) is 15.3 Å². The average molecular weight is 457 g/mol. The van der Waals surface area contributed by atoms with Gasteiger partial charge in [-0.1, -0.05) is 18.2 Å². The zero-order chi connectivity index (χ0) is 23.9. The van der Waals surface area contributed by atoms with E-state index in [0.717, 1.165) is 16.7 Å². The molecule has 1 amide bonds. The van der Waals surface area contributed by atoms with Gasteiger partial charge in [-0.05, 0) is 59.7 Å². The Kier molecular flexibility index (Phi) is 6.88. The molecule has 1 N–H and O–H groups in total. The molecule has 0 spiro atoms. The van der Waals surface area contributed by atoms with Crippen LogP contribution >= 0.6 is 0 Å². The van der Waals surface area contributed by atoms with E-state index in [1.54, 1.807) is 54.9 Å². The van der Waals surface area contributed by atoms with E-state index in [0.29, 0.717) is 17.1 Å². The Hall–Kier alpha value is -4.59. The number of hydrogen-bond acceptors (Lipinski definition) is 6. The number of aromatic nitrogens is 2. The van der Waals surface area contributed by atoms with Crippen LogP contribution in [0.1, 0.15) is 26.3 Å². The number of benzene rings is 3. The van der Waals surface area contributed by atoms with Gasteiger partial charge >= 0.3 is 5.97 Å². The van der Waals surface area contributed by atoms with Gasteiger partial charge < -0.3 is 14.8 Å². The van der Waals surface area contributed by atoms with Gasteiger partial charge in [0.25, 0.3) is 5.91 Å². The van der Waals surface area contributed by atoms with Gasteiger partial charge in [0.05, 0.1) is 18.2 Å². The Labute approximate surface area is 195 Å². The monoisotopic (exact) mass is 457 g/mol. The zero-order valence-corrected chi connectivity index (χ0v) is 18.2. The first-order valence-corrected chi connectivity index (χ1v) is 10.3. The van der Waals surface area contributed by atoms with Crippen molar-refractivity contribution in [3.05, 3.63) is 108 Å². The molecule has 3 aromatic carbocycles. The molecular weight excluding hydrogens is 437 g/mol. The van der Waals surface area contributed by atoms with Crippen LogP contribution in [0.4, 0.5) is 4.39 Å². The summed E-state index contributed by atoms with van der Waals surface area (Å²) in [6, 6.07) is 17.4. The third kappa shape index (κ3) is 5.42. The SMILES string of the molecule is COC(=O)c1ccc(CNC(=O)c2cc(-c3cncnc3)ccc2Oc2ccc(F)cc2)cc1.